The standard InChI is InChI=1S/C31H41N5O3/c1-23(2)24-13-15-26(16-14-24)33-30(39)34-19-17-31(18-20-34)29(38)35(22-36(31)27-11-7-4-8-12-27)21-28(37)32-25-9-5-3-6-10-25/h4,7-8,11-16,23,25H,3,5-6,9-10,17-22H2,1-2H3,(H,32,37)(H,33,39). The van der Waals surface area contributed by atoms with Crippen molar-refractivity contribution in [3.8, 4) is 0 Å². The third-order valence-electron chi connectivity index (χ3n) is 8.59. The number of hydrogen-bond donors (Lipinski definition) is 2. The third-order valence-corrected chi connectivity index (χ3v) is 8.59. The van der Waals surface area contributed by atoms with Crippen LogP contribution in [-0.2, 0) is 9.59 Å². The number of likely N-dealkylation sites (tertiary alicyclic amines) is 1. The lowest BCUT2D eigenvalue weighted by Gasteiger charge is -2.43. The molecule has 3 aliphatic rings. The van der Waals surface area contributed by atoms with Crippen LogP contribution in [0.2, 0.25) is 0 Å². The molecule has 0 atom stereocenters. The van der Waals surface area contributed by atoms with E-state index in [2.05, 4.69) is 29.4 Å². The molecule has 2 N–H and O–H groups in total. The minimum Gasteiger partial charge on any atom is -0.352 e. The number of rotatable bonds is 6. The molecule has 2 aromatic rings. The molecule has 0 unspecified atom stereocenters. The molecule has 4 amide bonds. The quantitative estimate of drug-likeness (QED) is 0.554. The third kappa shape index (κ3) is 5.89. The molecular formula is C31H41N5O3. The Kier molecular flexibility index (Phi) is 8.10. The van der Waals surface area contributed by atoms with Crippen LogP contribution in [0.5, 0.6) is 0 Å². The fraction of sp³-hybridized carbons (Fsp3) is 0.516. The van der Waals surface area contributed by atoms with Crippen LogP contribution in [0.3, 0.4) is 0 Å². The molecule has 1 saturated carbocycles. The fourth-order valence-corrected chi connectivity index (χ4v) is 6.25. The summed E-state index contributed by atoms with van der Waals surface area (Å²) in [7, 11) is 0. The molecule has 2 saturated heterocycles. The minimum atomic E-state index is -0.762. The fourth-order valence-electron chi connectivity index (χ4n) is 6.25. The number of anilines is 2. The Balaban J connectivity index is 1.26. The SMILES string of the molecule is CC(C)c1ccc(NC(=O)N2CCC3(CC2)C(=O)N(CC(=O)NC2CCCCC2)CN3c2ccccc2)cc1. The Morgan fingerprint density at radius 3 is 2.26 bits per heavy atom. The molecule has 2 aliphatic heterocycles. The first-order valence-electron chi connectivity index (χ1n) is 14.4. The van der Waals surface area contributed by atoms with Crippen LogP contribution in [-0.4, -0.2) is 65.5 Å². The maximum atomic E-state index is 13.9. The van der Waals surface area contributed by atoms with Gasteiger partial charge in [-0.1, -0.05) is 63.4 Å². The van der Waals surface area contributed by atoms with Crippen LogP contribution < -0.4 is 15.5 Å². The van der Waals surface area contributed by atoms with Gasteiger partial charge in [0.05, 0.1) is 6.67 Å². The molecule has 3 fully saturated rings. The van der Waals surface area contributed by atoms with Gasteiger partial charge in [0, 0.05) is 30.5 Å². The van der Waals surface area contributed by atoms with E-state index in [1.165, 1.54) is 12.0 Å². The highest BCUT2D eigenvalue weighted by Gasteiger charge is 2.54. The van der Waals surface area contributed by atoms with Crippen LogP contribution >= 0.6 is 0 Å². The Hall–Kier alpha value is -3.55. The zero-order chi connectivity index (χ0) is 27.4. The smallest absolute Gasteiger partial charge is 0.321 e. The summed E-state index contributed by atoms with van der Waals surface area (Å²) in [6.45, 7) is 5.65. The lowest BCUT2D eigenvalue weighted by molar-refractivity contribution is -0.137. The number of nitrogens with one attached hydrogen (secondary N) is 2. The summed E-state index contributed by atoms with van der Waals surface area (Å²) < 4.78 is 0. The van der Waals surface area contributed by atoms with Crippen molar-refractivity contribution in [3.63, 3.8) is 0 Å². The molecule has 5 rings (SSSR count). The largest absolute Gasteiger partial charge is 0.352 e. The van der Waals surface area contributed by atoms with Gasteiger partial charge in [0.1, 0.15) is 12.1 Å². The van der Waals surface area contributed by atoms with Crippen molar-refractivity contribution in [1.29, 1.82) is 0 Å². The summed E-state index contributed by atoms with van der Waals surface area (Å²) in [6.07, 6.45) is 6.57. The van der Waals surface area contributed by atoms with Gasteiger partial charge in [-0.05, 0) is 61.4 Å². The van der Waals surface area contributed by atoms with Crippen LogP contribution in [0.4, 0.5) is 16.2 Å². The van der Waals surface area contributed by atoms with Crippen molar-refractivity contribution in [1.82, 2.24) is 15.1 Å². The van der Waals surface area contributed by atoms with E-state index in [1.807, 2.05) is 54.6 Å². The minimum absolute atomic E-state index is 0.0190. The summed E-state index contributed by atoms with van der Waals surface area (Å²) in [5.41, 5.74) is 2.19. The van der Waals surface area contributed by atoms with Crippen LogP contribution in [0.15, 0.2) is 54.6 Å². The van der Waals surface area contributed by atoms with Gasteiger partial charge in [0.2, 0.25) is 5.91 Å². The molecule has 2 heterocycles. The average Bonchev–Trinajstić information content (AvgIpc) is 3.20. The maximum absolute atomic E-state index is 13.9. The first-order chi connectivity index (χ1) is 18.9. The van der Waals surface area contributed by atoms with Crippen LogP contribution in [0.1, 0.15) is 70.3 Å². The summed E-state index contributed by atoms with van der Waals surface area (Å²) in [6, 6.07) is 18.0. The summed E-state index contributed by atoms with van der Waals surface area (Å²) >= 11 is 0. The second kappa shape index (κ2) is 11.7. The molecule has 8 heteroatoms. The van der Waals surface area contributed by atoms with Crippen molar-refractivity contribution in [2.24, 2.45) is 0 Å². The molecule has 8 nitrogen and oxygen atoms in total. The molecule has 2 aromatic carbocycles. The number of carbonyl (C=O) groups excluding carboxylic acids is 3. The van der Waals surface area contributed by atoms with Gasteiger partial charge < -0.3 is 25.3 Å². The Labute approximate surface area is 231 Å². The molecule has 0 aromatic heterocycles. The van der Waals surface area contributed by atoms with Crippen molar-refractivity contribution in [2.75, 3.05) is 36.5 Å². The lowest BCUT2D eigenvalue weighted by Crippen LogP contribution is -2.58. The number of urea groups is 1. The van der Waals surface area contributed by atoms with E-state index in [-0.39, 0.29) is 30.4 Å². The number of piperidine rings is 1. The van der Waals surface area contributed by atoms with Crippen LogP contribution in [0.25, 0.3) is 0 Å². The van der Waals surface area contributed by atoms with E-state index in [9.17, 15) is 14.4 Å². The van der Waals surface area contributed by atoms with Crippen molar-refractivity contribution in [2.45, 2.75) is 76.3 Å². The van der Waals surface area contributed by atoms with Gasteiger partial charge in [0.25, 0.3) is 5.91 Å². The van der Waals surface area contributed by atoms with Gasteiger partial charge in [-0.15, -0.1) is 0 Å². The zero-order valence-corrected chi connectivity index (χ0v) is 23.2. The molecule has 39 heavy (non-hydrogen) atoms. The van der Waals surface area contributed by atoms with E-state index < -0.39 is 5.54 Å². The second-order valence-corrected chi connectivity index (χ2v) is 11.5. The first kappa shape index (κ1) is 27.0. The number of carbonyl (C=O) groups is 3. The van der Waals surface area contributed by atoms with Crippen molar-refractivity contribution >= 4 is 29.2 Å². The highest BCUT2D eigenvalue weighted by Crippen LogP contribution is 2.39. The van der Waals surface area contributed by atoms with E-state index >= 15 is 0 Å². The van der Waals surface area contributed by atoms with Crippen molar-refractivity contribution < 1.29 is 14.4 Å². The highest BCUT2D eigenvalue weighted by molar-refractivity contribution is 5.97. The first-order valence-corrected chi connectivity index (χ1v) is 14.4. The van der Waals surface area contributed by atoms with Gasteiger partial charge in [-0.3, -0.25) is 9.59 Å². The summed E-state index contributed by atoms with van der Waals surface area (Å²) in [5, 5.41) is 6.16. The number of hydrogen-bond acceptors (Lipinski definition) is 4. The summed E-state index contributed by atoms with van der Waals surface area (Å²) in [4.78, 5) is 45.5. The molecule has 0 radical (unpaired) electrons. The normalized spacial score (nSPS) is 19.6. The zero-order valence-electron chi connectivity index (χ0n) is 23.2. The number of benzene rings is 2. The molecule has 0 bridgehead atoms. The van der Waals surface area contributed by atoms with Crippen LogP contribution in [0, 0.1) is 0 Å². The van der Waals surface area contributed by atoms with E-state index in [4.69, 9.17) is 0 Å². The Morgan fingerprint density at radius 1 is 0.949 bits per heavy atom. The number of amides is 4. The van der Waals surface area contributed by atoms with E-state index in [0.29, 0.717) is 38.5 Å². The van der Waals surface area contributed by atoms with Crippen molar-refractivity contribution in [3.05, 3.63) is 60.2 Å². The molecular weight excluding hydrogens is 490 g/mol. The molecule has 1 aliphatic carbocycles. The Bertz CT molecular complexity index is 1150. The highest BCUT2D eigenvalue weighted by atomic mass is 16.2. The molecule has 1 spiro atoms. The van der Waals surface area contributed by atoms with E-state index in [0.717, 1.165) is 37.1 Å². The van der Waals surface area contributed by atoms with Gasteiger partial charge >= 0.3 is 6.03 Å². The number of nitrogens with zero attached hydrogens (tertiary/aromatic N) is 3. The predicted octanol–water partition coefficient (Wildman–Crippen LogP) is 4.93. The van der Waals surface area contributed by atoms with Gasteiger partial charge in [-0.2, -0.15) is 0 Å². The number of para-hydroxylation sites is 1. The average molecular weight is 532 g/mol. The van der Waals surface area contributed by atoms with Gasteiger partial charge in [-0.25, -0.2) is 4.79 Å². The van der Waals surface area contributed by atoms with E-state index in [1.54, 1.807) is 9.80 Å². The lowest BCUT2D eigenvalue weighted by atomic mass is 9.85. The maximum Gasteiger partial charge on any atom is 0.321 e. The summed E-state index contributed by atoms with van der Waals surface area (Å²) in [5.74, 6) is 0.331. The predicted molar refractivity (Wildman–Crippen MR) is 154 cm³/mol. The molecule has 208 valence electrons. The Morgan fingerprint density at radius 2 is 1.62 bits per heavy atom. The topological polar surface area (TPSA) is 85.0 Å². The van der Waals surface area contributed by atoms with Gasteiger partial charge in [0.15, 0.2) is 0 Å². The monoisotopic (exact) mass is 531 g/mol. The second-order valence-electron chi connectivity index (χ2n) is 11.5.